The van der Waals surface area contributed by atoms with E-state index in [0.717, 1.165) is 16.9 Å². The van der Waals surface area contributed by atoms with Crippen LogP contribution < -0.4 is 10.2 Å². The monoisotopic (exact) mass is 248 g/mol. The number of benzene rings is 1. The van der Waals surface area contributed by atoms with E-state index < -0.39 is 0 Å². The van der Waals surface area contributed by atoms with Crippen LogP contribution in [-0.4, -0.2) is 30.7 Å². The fraction of sp³-hybridized carbons (Fsp3) is 0.500. The van der Waals surface area contributed by atoms with E-state index in [2.05, 4.69) is 5.32 Å². The number of hydrogen-bond acceptors (Lipinski definition) is 3. The van der Waals surface area contributed by atoms with Crippen molar-refractivity contribution in [3.63, 3.8) is 0 Å². The topological polar surface area (TPSA) is 52.6 Å². The predicted molar refractivity (Wildman–Crippen MR) is 72.9 cm³/mol. The molecule has 4 heteroatoms. The smallest absolute Gasteiger partial charge is 0.231 e. The molecular weight excluding hydrogens is 228 g/mol. The van der Waals surface area contributed by atoms with Gasteiger partial charge in [-0.25, -0.2) is 0 Å². The molecule has 1 unspecified atom stereocenters. The van der Waals surface area contributed by atoms with Gasteiger partial charge in [-0.3, -0.25) is 4.79 Å². The van der Waals surface area contributed by atoms with Crippen LogP contribution in [0.5, 0.6) is 0 Å². The van der Waals surface area contributed by atoms with E-state index in [4.69, 9.17) is 0 Å². The van der Waals surface area contributed by atoms with Gasteiger partial charge in [0.1, 0.15) is 0 Å². The normalized spacial score (nSPS) is 16.1. The van der Waals surface area contributed by atoms with Gasteiger partial charge in [-0.2, -0.15) is 0 Å². The fourth-order valence-corrected chi connectivity index (χ4v) is 2.45. The number of aliphatic hydroxyl groups excluding tert-OH is 1. The van der Waals surface area contributed by atoms with E-state index in [1.807, 2.05) is 39.1 Å². The summed E-state index contributed by atoms with van der Waals surface area (Å²) in [5, 5.41) is 12.6. The first-order valence-electron chi connectivity index (χ1n) is 6.32. The van der Waals surface area contributed by atoms with E-state index >= 15 is 0 Å². The first-order valence-corrected chi connectivity index (χ1v) is 6.32. The molecule has 18 heavy (non-hydrogen) atoms. The summed E-state index contributed by atoms with van der Waals surface area (Å²) in [5.74, 6) is 0.305. The van der Waals surface area contributed by atoms with E-state index in [1.165, 1.54) is 0 Å². The van der Waals surface area contributed by atoms with Crippen molar-refractivity contribution in [1.82, 2.24) is 0 Å². The number of anilines is 2. The summed E-state index contributed by atoms with van der Waals surface area (Å²) in [7, 11) is 1.86. The van der Waals surface area contributed by atoms with Gasteiger partial charge in [0.2, 0.25) is 5.91 Å². The van der Waals surface area contributed by atoms with E-state index in [9.17, 15) is 9.90 Å². The highest BCUT2D eigenvalue weighted by Crippen LogP contribution is 2.34. The van der Waals surface area contributed by atoms with Gasteiger partial charge in [-0.15, -0.1) is 0 Å². The van der Waals surface area contributed by atoms with Crippen LogP contribution in [0, 0.1) is 5.92 Å². The van der Waals surface area contributed by atoms with Crippen molar-refractivity contribution < 1.29 is 9.90 Å². The molecule has 1 aromatic rings. The lowest BCUT2D eigenvalue weighted by atomic mass is 10.0. The van der Waals surface area contributed by atoms with Crippen LogP contribution in [0.25, 0.3) is 0 Å². The van der Waals surface area contributed by atoms with Gasteiger partial charge in [-0.05, 0) is 29.7 Å². The van der Waals surface area contributed by atoms with Crippen molar-refractivity contribution in [2.24, 2.45) is 5.92 Å². The maximum atomic E-state index is 12.1. The SMILES string of the molecule is CNc1ccc2c(c1)CC(=O)N2C(CO)C(C)C. The molecule has 4 nitrogen and oxygen atoms in total. The second kappa shape index (κ2) is 4.98. The molecule has 1 heterocycles. The molecule has 1 amide bonds. The average Bonchev–Trinajstić information content (AvgIpc) is 2.66. The molecular formula is C14H20N2O2. The van der Waals surface area contributed by atoms with Gasteiger partial charge in [0, 0.05) is 18.4 Å². The molecule has 1 aliphatic heterocycles. The van der Waals surface area contributed by atoms with Gasteiger partial charge in [0.25, 0.3) is 0 Å². The molecule has 0 saturated heterocycles. The lowest BCUT2D eigenvalue weighted by molar-refractivity contribution is -0.118. The summed E-state index contributed by atoms with van der Waals surface area (Å²) in [6, 6.07) is 5.78. The number of rotatable bonds is 4. The first-order chi connectivity index (χ1) is 8.58. The quantitative estimate of drug-likeness (QED) is 0.851. The van der Waals surface area contributed by atoms with Gasteiger partial charge in [0.15, 0.2) is 0 Å². The molecule has 0 aromatic heterocycles. The zero-order chi connectivity index (χ0) is 13.3. The van der Waals surface area contributed by atoms with Crippen molar-refractivity contribution in [1.29, 1.82) is 0 Å². The molecule has 0 fully saturated rings. The number of aliphatic hydroxyl groups is 1. The third-order valence-corrected chi connectivity index (χ3v) is 3.53. The minimum absolute atomic E-state index is 0.00335. The van der Waals surface area contributed by atoms with Crippen LogP contribution in [0.1, 0.15) is 19.4 Å². The van der Waals surface area contributed by atoms with Crippen LogP contribution in [-0.2, 0) is 11.2 Å². The number of hydrogen-bond donors (Lipinski definition) is 2. The molecule has 0 saturated carbocycles. The highest BCUT2D eigenvalue weighted by molar-refractivity contribution is 6.02. The molecule has 2 rings (SSSR count). The third-order valence-electron chi connectivity index (χ3n) is 3.53. The zero-order valence-corrected chi connectivity index (χ0v) is 11.1. The number of nitrogens with zero attached hydrogens (tertiary/aromatic N) is 1. The number of nitrogens with one attached hydrogen (secondary N) is 1. The predicted octanol–water partition coefficient (Wildman–Crippen LogP) is 1.63. The molecule has 98 valence electrons. The summed E-state index contributed by atoms with van der Waals surface area (Å²) in [6.45, 7) is 4.04. The Bertz CT molecular complexity index is 457. The highest BCUT2D eigenvalue weighted by atomic mass is 16.3. The Morgan fingerprint density at radius 1 is 1.44 bits per heavy atom. The minimum atomic E-state index is -0.140. The third kappa shape index (κ3) is 2.08. The average molecular weight is 248 g/mol. The molecule has 1 aromatic carbocycles. The fourth-order valence-electron chi connectivity index (χ4n) is 2.45. The lowest BCUT2D eigenvalue weighted by Gasteiger charge is -2.30. The lowest BCUT2D eigenvalue weighted by Crippen LogP contribution is -2.43. The summed E-state index contributed by atoms with van der Waals surface area (Å²) < 4.78 is 0. The second-order valence-corrected chi connectivity index (χ2v) is 5.03. The highest BCUT2D eigenvalue weighted by Gasteiger charge is 2.34. The minimum Gasteiger partial charge on any atom is -0.394 e. The Morgan fingerprint density at radius 3 is 2.72 bits per heavy atom. The molecule has 0 spiro atoms. The van der Waals surface area contributed by atoms with Gasteiger partial charge < -0.3 is 15.3 Å². The Morgan fingerprint density at radius 2 is 2.17 bits per heavy atom. The second-order valence-electron chi connectivity index (χ2n) is 5.03. The molecule has 0 bridgehead atoms. The van der Waals surface area contributed by atoms with Crippen LogP contribution in [0.4, 0.5) is 11.4 Å². The zero-order valence-electron chi connectivity index (χ0n) is 11.1. The van der Waals surface area contributed by atoms with Crippen LogP contribution in [0.15, 0.2) is 18.2 Å². The van der Waals surface area contributed by atoms with Crippen molar-refractivity contribution >= 4 is 17.3 Å². The van der Waals surface area contributed by atoms with E-state index in [1.54, 1.807) is 4.90 Å². The summed E-state index contributed by atoms with van der Waals surface area (Å²) in [4.78, 5) is 13.9. The Balaban J connectivity index is 2.38. The molecule has 0 aliphatic carbocycles. The van der Waals surface area contributed by atoms with E-state index in [0.29, 0.717) is 6.42 Å². The van der Waals surface area contributed by atoms with Gasteiger partial charge in [0.05, 0.1) is 19.1 Å². The van der Waals surface area contributed by atoms with Crippen molar-refractivity contribution in [3.05, 3.63) is 23.8 Å². The molecule has 1 atom stereocenters. The van der Waals surface area contributed by atoms with Crippen molar-refractivity contribution in [2.75, 3.05) is 23.9 Å². The Labute approximate surface area is 108 Å². The van der Waals surface area contributed by atoms with Crippen molar-refractivity contribution in [3.8, 4) is 0 Å². The Kier molecular flexibility index (Phi) is 3.57. The maximum Gasteiger partial charge on any atom is 0.231 e. The van der Waals surface area contributed by atoms with Crippen LogP contribution in [0.2, 0.25) is 0 Å². The molecule has 1 aliphatic rings. The summed E-state index contributed by atoms with van der Waals surface area (Å²) >= 11 is 0. The summed E-state index contributed by atoms with van der Waals surface area (Å²) in [6.07, 6.45) is 0.425. The first kappa shape index (κ1) is 12.9. The molecule has 2 N–H and O–H groups in total. The summed E-state index contributed by atoms with van der Waals surface area (Å²) in [5.41, 5.74) is 2.98. The number of fused-ring (bicyclic) bond motifs is 1. The Hall–Kier alpha value is -1.55. The van der Waals surface area contributed by atoms with Gasteiger partial charge >= 0.3 is 0 Å². The number of carbonyl (C=O) groups is 1. The van der Waals surface area contributed by atoms with Crippen molar-refractivity contribution in [2.45, 2.75) is 26.3 Å². The standard InChI is InChI=1S/C14H20N2O2/c1-9(2)13(8-17)16-12-5-4-11(15-3)6-10(12)7-14(16)18/h4-6,9,13,15,17H,7-8H2,1-3H3. The number of carbonyl (C=O) groups excluding carboxylic acids is 1. The molecule has 0 radical (unpaired) electrons. The van der Waals surface area contributed by atoms with E-state index in [-0.39, 0.29) is 24.5 Å². The van der Waals surface area contributed by atoms with Crippen LogP contribution >= 0.6 is 0 Å². The maximum absolute atomic E-state index is 12.1. The largest absolute Gasteiger partial charge is 0.394 e. The van der Waals surface area contributed by atoms with Gasteiger partial charge in [-0.1, -0.05) is 13.8 Å². The number of amides is 1. The van der Waals surface area contributed by atoms with Crippen LogP contribution in [0.3, 0.4) is 0 Å².